The number of ether oxygens (including phenoxy) is 2. The number of hydrogen-bond acceptors (Lipinski definition) is 5. The Kier molecular flexibility index (Phi) is 5.94. The van der Waals surface area contributed by atoms with E-state index in [2.05, 4.69) is 9.97 Å². The Morgan fingerprint density at radius 1 is 1.15 bits per heavy atom. The first-order valence-corrected chi connectivity index (χ1v) is 5.45. The summed E-state index contributed by atoms with van der Waals surface area (Å²) in [6.45, 7) is 0. The topological polar surface area (TPSA) is 81.5 Å². The van der Waals surface area contributed by atoms with Crippen LogP contribution in [0, 0.1) is 0 Å². The molecule has 0 unspecified atom stereocenters. The molecule has 7 heteroatoms. The Balaban J connectivity index is 0.00000200. The molecule has 1 aromatic carbocycles. The monoisotopic (exact) mass is 284 g/mol. The third kappa shape index (κ3) is 3.47. The van der Waals surface area contributed by atoms with Crippen molar-refractivity contribution in [1.29, 1.82) is 0 Å². The average molecular weight is 284 g/mol. The summed E-state index contributed by atoms with van der Waals surface area (Å²) in [7, 11) is 2.93. The molecule has 0 aliphatic rings. The van der Waals surface area contributed by atoms with Crippen LogP contribution in [0.3, 0.4) is 0 Å². The SMILES string of the molecule is COc1cc(OC)nc(-c2ccccc2C(=O)O)n1.[H-].[Na+]. The van der Waals surface area contributed by atoms with Gasteiger partial charge in [-0.15, -0.1) is 0 Å². The summed E-state index contributed by atoms with van der Waals surface area (Å²) in [6.07, 6.45) is 0. The van der Waals surface area contributed by atoms with Crippen LogP contribution in [0.5, 0.6) is 11.8 Å². The Labute approximate surface area is 139 Å². The minimum Gasteiger partial charge on any atom is -1.00 e. The fourth-order valence-corrected chi connectivity index (χ4v) is 1.60. The molecular formula is C13H13N2NaO4. The molecule has 1 N–H and O–H groups in total. The Bertz CT molecular complexity index is 603. The predicted octanol–water partition coefficient (Wildman–Crippen LogP) is -1.02. The van der Waals surface area contributed by atoms with E-state index in [0.29, 0.717) is 17.3 Å². The first kappa shape index (κ1) is 16.4. The van der Waals surface area contributed by atoms with Crippen molar-refractivity contribution in [3.63, 3.8) is 0 Å². The zero-order valence-corrected chi connectivity index (χ0v) is 13.5. The van der Waals surface area contributed by atoms with Gasteiger partial charge in [0.15, 0.2) is 5.82 Å². The molecule has 0 atom stereocenters. The molecule has 0 saturated heterocycles. The van der Waals surface area contributed by atoms with Gasteiger partial charge in [0.2, 0.25) is 11.8 Å². The average Bonchev–Trinajstić information content (AvgIpc) is 2.46. The Morgan fingerprint density at radius 3 is 2.20 bits per heavy atom. The maximum absolute atomic E-state index is 11.2. The molecule has 1 heterocycles. The third-order valence-electron chi connectivity index (χ3n) is 2.50. The van der Waals surface area contributed by atoms with Gasteiger partial charge in [-0.3, -0.25) is 0 Å². The van der Waals surface area contributed by atoms with Gasteiger partial charge in [0.05, 0.1) is 25.8 Å². The van der Waals surface area contributed by atoms with Gasteiger partial charge < -0.3 is 16.0 Å². The summed E-state index contributed by atoms with van der Waals surface area (Å²) in [5, 5.41) is 9.16. The van der Waals surface area contributed by atoms with Crippen molar-refractivity contribution in [3.8, 4) is 23.1 Å². The molecule has 0 spiro atoms. The summed E-state index contributed by atoms with van der Waals surface area (Å²) >= 11 is 0. The quantitative estimate of drug-likeness (QED) is 0.723. The number of carboxylic acids is 1. The number of carbonyl (C=O) groups is 1. The second-order valence-electron chi connectivity index (χ2n) is 3.63. The van der Waals surface area contributed by atoms with E-state index in [1.54, 1.807) is 18.2 Å². The van der Waals surface area contributed by atoms with Crippen LogP contribution >= 0.6 is 0 Å². The summed E-state index contributed by atoms with van der Waals surface area (Å²) in [6, 6.07) is 8.01. The number of rotatable bonds is 4. The van der Waals surface area contributed by atoms with E-state index in [4.69, 9.17) is 14.6 Å². The van der Waals surface area contributed by atoms with Crippen molar-refractivity contribution in [2.45, 2.75) is 0 Å². The Morgan fingerprint density at radius 2 is 1.70 bits per heavy atom. The first-order valence-electron chi connectivity index (χ1n) is 5.45. The molecule has 2 aromatic rings. The predicted molar refractivity (Wildman–Crippen MR) is 68.6 cm³/mol. The van der Waals surface area contributed by atoms with Crippen molar-refractivity contribution in [2.75, 3.05) is 14.2 Å². The maximum Gasteiger partial charge on any atom is 1.00 e. The summed E-state index contributed by atoms with van der Waals surface area (Å²) in [5.74, 6) is -0.181. The van der Waals surface area contributed by atoms with E-state index >= 15 is 0 Å². The summed E-state index contributed by atoms with van der Waals surface area (Å²) in [5.41, 5.74) is 0.532. The summed E-state index contributed by atoms with van der Waals surface area (Å²) in [4.78, 5) is 19.5. The van der Waals surface area contributed by atoms with Crippen LogP contribution in [0.2, 0.25) is 0 Å². The number of carboxylic acid groups (broad SMARTS) is 1. The van der Waals surface area contributed by atoms with E-state index in [1.165, 1.54) is 26.4 Å². The van der Waals surface area contributed by atoms with E-state index in [0.717, 1.165) is 0 Å². The molecule has 0 bridgehead atoms. The van der Waals surface area contributed by atoms with Crippen LogP contribution in [0.15, 0.2) is 30.3 Å². The van der Waals surface area contributed by atoms with Gasteiger partial charge in [-0.05, 0) is 6.07 Å². The molecule has 0 amide bonds. The fourth-order valence-electron chi connectivity index (χ4n) is 1.60. The molecule has 0 radical (unpaired) electrons. The second-order valence-corrected chi connectivity index (χ2v) is 3.63. The molecular weight excluding hydrogens is 271 g/mol. The van der Waals surface area contributed by atoms with Crippen LogP contribution in [-0.4, -0.2) is 35.3 Å². The van der Waals surface area contributed by atoms with Gasteiger partial charge in [-0.1, -0.05) is 18.2 Å². The minimum atomic E-state index is -1.04. The van der Waals surface area contributed by atoms with Gasteiger partial charge in [0.1, 0.15) is 0 Å². The van der Waals surface area contributed by atoms with Crippen LogP contribution in [0.4, 0.5) is 0 Å². The van der Waals surface area contributed by atoms with Crippen LogP contribution in [0.25, 0.3) is 11.4 Å². The van der Waals surface area contributed by atoms with Crippen LogP contribution in [0.1, 0.15) is 11.8 Å². The second kappa shape index (κ2) is 7.23. The van der Waals surface area contributed by atoms with Crippen LogP contribution in [-0.2, 0) is 0 Å². The maximum atomic E-state index is 11.2. The van der Waals surface area contributed by atoms with Gasteiger partial charge in [0, 0.05) is 5.56 Å². The van der Waals surface area contributed by atoms with E-state index < -0.39 is 5.97 Å². The van der Waals surface area contributed by atoms with E-state index in [1.807, 2.05) is 0 Å². The largest absolute Gasteiger partial charge is 1.00 e. The molecule has 6 nitrogen and oxygen atoms in total. The van der Waals surface area contributed by atoms with Gasteiger partial charge >= 0.3 is 35.5 Å². The standard InChI is InChI=1S/C13H12N2O4.Na.H/c1-18-10-7-11(19-2)15-12(14-10)8-5-3-4-6-9(8)13(16)17;;/h3-7H,1-2H3,(H,16,17);;/q;+1;-1. The van der Waals surface area contributed by atoms with Crippen molar-refractivity contribution in [3.05, 3.63) is 35.9 Å². The van der Waals surface area contributed by atoms with E-state index in [-0.39, 0.29) is 42.4 Å². The van der Waals surface area contributed by atoms with Crippen LogP contribution < -0.4 is 39.0 Å². The van der Waals surface area contributed by atoms with E-state index in [9.17, 15) is 4.79 Å². The summed E-state index contributed by atoms with van der Waals surface area (Å²) < 4.78 is 10.1. The smallest absolute Gasteiger partial charge is 1.00 e. The number of hydrogen-bond donors (Lipinski definition) is 1. The third-order valence-corrected chi connectivity index (χ3v) is 2.50. The molecule has 100 valence electrons. The Hall–Kier alpha value is -1.63. The first-order chi connectivity index (χ1) is 9.15. The molecule has 0 saturated carbocycles. The number of aromatic carboxylic acids is 1. The zero-order chi connectivity index (χ0) is 13.8. The van der Waals surface area contributed by atoms with Crippen molar-refractivity contribution >= 4 is 5.97 Å². The number of benzene rings is 1. The fraction of sp³-hybridized carbons (Fsp3) is 0.154. The number of aromatic nitrogens is 2. The molecule has 20 heavy (non-hydrogen) atoms. The zero-order valence-electron chi connectivity index (χ0n) is 12.5. The van der Waals surface area contributed by atoms with Gasteiger partial charge in [0.25, 0.3) is 0 Å². The van der Waals surface area contributed by atoms with Gasteiger partial charge in [-0.2, -0.15) is 9.97 Å². The van der Waals surface area contributed by atoms with Crippen molar-refractivity contribution in [1.82, 2.24) is 9.97 Å². The van der Waals surface area contributed by atoms with Crippen molar-refractivity contribution < 1.29 is 50.4 Å². The molecule has 2 rings (SSSR count). The normalized spacial score (nSPS) is 9.50. The number of nitrogens with zero attached hydrogens (tertiary/aromatic N) is 2. The van der Waals surface area contributed by atoms with Gasteiger partial charge in [-0.25, -0.2) is 4.79 Å². The molecule has 0 aliphatic carbocycles. The molecule has 1 aromatic heterocycles. The van der Waals surface area contributed by atoms with Crippen molar-refractivity contribution in [2.24, 2.45) is 0 Å². The molecule has 0 aliphatic heterocycles. The number of methoxy groups -OCH3 is 2. The minimum absolute atomic E-state index is 0. The molecule has 0 fully saturated rings.